The third-order valence-electron chi connectivity index (χ3n) is 9.44. The number of ether oxygens (including phenoxy) is 2. The zero-order valence-electron chi connectivity index (χ0n) is 30.8. The number of carbonyl (C=O) groups excluding carboxylic acids is 1. The number of hydrogen-bond acceptors (Lipinski definition) is 5. The highest BCUT2D eigenvalue weighted by atomic mass is 35.5. The number of benzene rings is 4. The quantitative estimate of drug-likeness (QED) is 0.130. The van der Waals surface area contributed by atoms with Gasteiger partial charge in [0.15, 0.2) is 0 Å². The van der Waals surface area contributed by atoms with Crippen LogP contribution in [0.15, 0.2) is 97.1 Å². The molecule has 0 atom stereocenters. The second-order valence-corrected chi connectivity index (χ2v) is 13.3. The Hall–Kier alpha value is -5.17. The number of nitrogens with two attached hydrogens (primary N) is 1. The van der Waals surface area contributed by atoms with Crippen LogP contribution in [-0.4, -0.2) is 69.8 Å². The molecule has 4 N–H and O–H groups in total. The molecule has 0 bridgehead atoms. The Morgan fingerprint density at radius 3 is 1.43 bits per heavy atom. The SMILES string of the molecule is Cl.NCC1(CF)CCOCC1.O=C(NCC1(CF)CCOCC1)c1ccc(C#Cc2ccccc2F)cc1.O=C(O)c1ccc(C#Cc2ccccc2F)cc1. The summed E-state index contributed by atoms with van der Waals surface area (Å²) in [5.74, 6) is 9.19. The third kappa shape index (κ3) is 13.8. The number of carboxylic acid groups (broad SMARTS) is 1. The molecule has 6 rings (SSSR count). The zero-order chi connectivity index (χ0) is 39.5. The topological polar surface area (TPSA) is 111 Å². The van der Waals surface area contributed by atoms with Crippen molar-refractivity contribution < 1.29 is 41.7 Å². The number of nitrogens with one attached hydrogen (secondary N) is 1. The van der Waals surface area contributed by atoms with Gasteiger partial charge in [-0.3, -0.25) is 13.6 Å². The highest BCUT2D eigenvalue weighted by Gasteiger charge is 2.33. The van der Waals surface area contributed by atoms with E-state index in [9.17, 15) is 27.2 Å². The van der Waals surface area contributed by atoms with Crippen LogP contribution >= 0.6 is 12.4 Å². The first-order chi connectivity index (χ1) is 26.6. The lowest BCUT2D eigenvalue weighted by molar-refractivity contribution is 0.00261. The van der Waals surface area contributed by atoms with Crippen molar-refractivity contribution in [2.45, 2.75) is 25.7 Å². The minimum absolute atomic E-state index is 0. The number of aromatic carboxylic acids is 1. The van der Waals surface area contributed by atoms with E-state index in [1.54, 1.807) is 72.8 Å². The van der Waals surface area contributed by atoms with E-state index < -0.39 is 18.1 Å². The Labute approximate surface area is 331 Å². The van der Waals surface area contributed by atoms with Crippen molar-refractivity contribution in [3.05, 3.63) is 142 Å². The van der Waals surface area contributed by atoms with Crippen molar-refractivity contribution in [1.29, 1.82) is 0 Å². The van der Waals surface area contributed by atoms with Gasteiger partial charge in [-0.05, 0) is 98.5 Å². The first-order valence-corrected chi connectivity index (χ1v) is 17.8. The van der Waals surface area contributed by atoms with Gasteiger partial charge < -0.3 is 25.6 Å². The first kappa shape index (κ1) is 45.2. The predicted molar refractivity (Wildman–Crippen MR) is 210 cm³/mol. The fourth-order valence-corrected chi connectivity index (χ4v) is 5.53. The Bertz CT molecular complexity index is 1970. The van der Waals surface area contributed by atoms with E-state index in [1.165, 1.54) is 24.3 Å². The van der Waals surface area contributed by atoms with Gasteiger partial charge in [-0.1, -0.05) is 47.9 Å². The standard InChI is InChI=1S/C22H21F2NO2.C15H9FO2.C7H14FNO.ClH/c23-15-22(11-13-27-14-12-22)16-25-21(26)19-9-6-17(7-10-19)5-8-18-3-1-2-4-20(18)24;16-14-4-2-1-3-12(14)8-5-11-6-9-13(10-7-11)15(17)18;8-5-7(6-9)1-3-10-4-2-7;/h1-4,6-7,9-10H,11-16H2,(H,25,26);1-4,6-7,9-10H,(H,17,18);1-6,9H2;1H. The van der Waals surface area contributed by atoms with E-state index in [-0.39, 0.29) is 47.6 Å². The van der Waals surface area contributed by atoms with Crippen LogP contribution < -0.4 is 11.1 Å². The van der Waals surface area contributed by atoms with Gasteiger partial charge >= 0.3 is 5.97 Å². The van der Waals surface area contributed by atoms with Gasteiger partial charge in [-0.2, -0.15) is 0 Å². The van der Waals surface area contributed by atoms with Gasteiger partial charge in [0.1, 0.15) is 11.6 Å². The molecule has 12 heteroatoms. The number of amides is 1. The van der Waals surface area contributed by atoms with Crippen LogP contribution in [0.5, 0.6) is 0 Å². The average molecular weight is 793 g/mol. The van der Waals surface area contributed by atoms with Crippen LogP contribution in [0.1, 0.15) is 68.7 Å². The summed E-state index contributed by atoms with van der Waals surface area (Å²) < 4.78 is 63.1. The molecule has 0 radical (unpaired) electrons. The summed E-state index contributed by atoms with van der Waals surface area (Å²) in [6.07, 6.45) is 2.77. The first-order valence-electron chi connectivity index (χ1n) is 17.8. The number of alkyl halides is 2. The Balaban J connectivity index is 0.000000249. The van der Waals surface area contributed by atoms with E-state index in [0.29, 0.717) is 80.2 Å². The van der Waals surface area contributed by atoms with Gasteiger partial charge in [-0.25, -0.2) is 13.6 Å². The second kappa shape index (κ2) is 23.0. The molecular formula is C44H45ClF4N2O5. The van der Waals surface area contributed by atoms with E-state index in [4.69, 9.17) is 20.3 Å². The summed E-state index contributed by atoms with van der Waals surface area (Å²) in [5.41, 5.74) is 7.32. The van der Waals surface area contributed by atoms with Crippen LogP contribution in [0.25, 0.3) is 0 Å². The maximum absolute atomic E-state index is 13.6. The Kier molecular flexibility index (Phi) is 18.6. The van der Waals surface area contributed by atoms with Gasteiger partial charge in [0, 0.05) is 67.0 Å². The van der Waals surface area contributed by atoms with E-state index in [0.717, 1.165) is 12.8 Å². The van der Waals surface area contributed by atoms with Crippen LogP contribution in [0, 0.1) is 46.1 Å². The van der Waals surface area contributed by atoms with Gasteiger partial charge in [-0.15, -0.1) is 12.4 Å². The molecule has 296 valence electrons. The average Bonchev–Trinajstić information content (AvgIpc) is 3.23. The number of carboxylic acids is 1. The molecule has 0 saturated carbocycles. The van der Waals surface area contributed by atoms with Crippen molar-refractivity contribution in [2.24, 2.45) is 16.6 Å². The van der Waals surface area contributed by atoms with Crippen LogP contribution in [-0.2, 0) is 9.47 Å². The summed E-state index contributed by atoms with van der Waals surface area (Å²) in [5, 5.41) is 11.6. The Morgan fingerprint density at radius 1 is 0.643 bits per heavy atom. The number of halogens is 5. The number of hydrogen-bond donors (Lipinski definition) is 3. The molecule has 0 unspecified atom stereocenters. The van der Waals surface area contributed by atoms with Crippen molar-refractivity contribution in [3.8, 4) is 23.7 Å². The number of rotatable bonds is 7. The molecule has 1 amide bonds. The van der Waals surface area contributed by atoms with E-state index in [2.05, 4.69) is 29.0 Å². The molecule has 4 aromatic carbocycles. The molecule has 2 aliphatic rings. The number of carbonyl (C=O) groups is 2. The van der Waals surface area contributed by atoms with E-state index in [1.807, 2.05) is 0 Å². The molecule has 2 saturated heterocycles. The summed E-state index contributed by atoms with van der Waals surface area (Å²) in [6.45, 7) is 2.36. The molecule has 2 heterocycles. The maximum Gasteiger partial charge on any atom is 0.335 e. The molecule has 0 spiro atoms. The molecule has 0 aromatic heterocycles. The van der Waals surface area contributed by atoms with Gasteiger partial charge in [0.25, 0.3) is 5.91 Å². The Morgan fingerprint density at radius 2 is 1.05 bits per heavy atom. The summed E-state index contributed by atoms with van der Waals surface area (Å²) >= 11 is 0. The fourth-order valence-electron chi connectivity index (χ4n) is 5.53. The van der Waals surface area contributed by atoms with Crippen molar-refractivity contribution in [3.63, 3.8) is 0 Å². The van der Waals surface area contributed by atoms with Crippen molar-refractivity contribution >= 4 is 24.3 Å². The highest BCUT2D eigenvalue weighted by Crippen LogP contribution is 2.31. The molecular weight excluding hydrogens is 748 g/mol. The van der Waals surface area contributed by atoms with Crippen LogP contribution in [0.3, 0.4) is 0 Å². The summed E-state index contributed by atoms with van der Waals surface area (Å²) in [4.78, 5) is 23.0. The third-order valence-corrected chi connectivity index (χ3v) is 9.44. The lowest BCUT2D eigenvalue weighted by Crippen LogP contribution is -2.42. The largest absolute Gasteiger partial charge is 0.478 e. The molecule has 2 aliphatic heterocycles. The lowest BCUT2D eigenvalue weighted by Gasteiger charge is -2.34. The molecule has 56 heavy (non-hydrogen) atoms. The molecule has 7 nitrogen and oxygen atoms in total. The fraction of sp³-hybridized carbons (Fsp3) is 0.318. The van der Waals surface area contributed by atoms with Crippen molar-refractivity contribution in [1.82, 2.24) is 5.32 Å². The van der Waals surface area contributed by atoms with Gasteiger partial charge in [0.2, 0.25) is 0 Å². The highest BCUT2D eigenvalue weighted by molar-refractivity contribution is 5.94. The minimum atomic E-state index is -0.983. The van der Waals surface area contributed by atoms with Crippen LogP contribution in [0.4, 0.5) is 17.6 Å². The molecule has 2 fully saturated rings. The van der Waals surface area contributed by atoms with Crippen molar-refractivity contribution in [2.75, 3.05) is 52.9 Å². The normalized spacial score (nSPS) is 14.9. The monoisotopic (exact) mass is 792 g/mol. The van der Waals surface area contributed by atoms with Gasteiger partial charge in [0.05, 0.1) is 30.0 Å². The zero-order valence-corrected chi connectivity index (χ0v) is 31.6. The second-order valence-electron chi connectivity index (χ2n) is 13.3. The molecule has 0 aliphatic carbocycles. The summed E-state index contributed by atoms with van der Waals surface area (Å²) in [6, 6.07) is 25.4. The lowest BCUT2D eigenvalue weighted by atomic mass is 9.81. The predicted octanol–water partition coefficient (Wildman–Crippen LogP) is 7.78. The minimum Gasteiger partial charge on any atom is -0.478 e. The molecule has 4 aromatic rings. The summed E-state index contributed by atoms with van der Waals surface area (Å²) in [7, 11) is 0. The smallest absolute Gasteiger partial charge is 0.335 e. The maximum atomic E-state index is 13.6. The van der Waals surface area contributed by atoms with E-state index >= 15 is 0 Å². The van der Waals surface area contributed by atoms with Crippen LogP contribution in [0.2, 0.25) is 0 Å².